The zero-order chi connectivity index (χ0) is 21.2. The lowest BCUT2D eigenvalue weighted by molar-refractivity contribution is -0.118. The monoisotopic (exact) mass is 400 g/mol. The number of aromatic hydroxyl groups is 1. The summed E-state index contributed by atoms with van der Waals surface area (Å²) >= 11 is 0. The van der Waals surface area contributed by atoms with Crippen LogP contribution in [0.25, 0.3) is 0 Å². The van der Waals surface area contributed by atoms with E-state index in [1.54, 1.807) is 31.1 Å². The second-order valence-electron chi connectivity index (χ2n) is 8.38. The van der Waals surface area contributed by atoms with E-state index >= 15 is 0 Å². The van der Waals surface area contributed by atoms with Gasteiger partial charge in [0.05, 0.1) is 17.2 Å². The number of phenols is 1. The average Bonchev–Trinajstić information content (AvgIpc) is 2.62. The van der Waals surface area contributed by atoms with Crippen molar-refractivity contribution < 1.29 is 30.0 Å². The molecular weight excluding hydrogens is 376 g/mol. The van der Waals surface area contributed by atoms with Crippen molar-refractivity contribution in [2.45, 2.75) is 30.9 Å². The van der Waals surface area contributed by atoms with Crippen LogP contribution in [-0.4, -0.2) is 62.8 Å². The molecule has 4 rings (SSSR count). The number of carbonyl (C=O) groups excluding carboxylic acids is 2. The number of nitrogens with zero attached hydrogens (tertiary/aromatic N) is 1. The van der Waals surface area contributed by atoms with Crippen LogP contribution < -0.4 is 5.73 Å². The summed E-state index contributed by atoms with van der Waals surface area (Å²) in [6.45, 7) is 0. The van der Waals surface area contributed by atoms with Gasteiger partial charge in [0.25, 0.3) is 0 Å². The maximum absolute atomic E-state index is 13.1. The summed E-state index contributed by atoms with van der Waals surface area (Å²) < 4.78 is 0. The van der Waals surface area contributed by atoms with Gasteiger partial charge in [-0.3, -0.25) is 14.5 Å². The van der Waals surface area contributed by atoms with Gasteiger partial charge in [-0.25, -0.2) is 0 Å². The molecule has 0 fully saturated rings. The molecule has 0 unspecified atom stereocenters. The topological polar surface area (TPSA) is 144 Å². The summed E-state index contributed by atoms with van der Waals surface area (Å²) in [5, 5.41) is 43.4. The first kappa shape index (κ1) is 19.5. The van der Waals surface area contributed by atoms with Crippen molar-refractivity contribution in [1.82, 2.24) is 4.90 Å². The minimum absolute atomic E-state index is 0.0560. The second kappa shape index (κ2) is 6.33. The zero-order valence-corrected chi connectivity index (χ0v) is 16.2. The summed E-state index contributed by atoms with van der Waals surface area (Å²) in [5.41, 5.74) is 4.17. The van der Waals surface area contributed by atoms with Crippen LogP contribution in [-0.2, 0) is 11.2 Å². The molecule has 3 aliphatic rings. The summed E-state index contributed by atoms with van der Waals surface area (Å²) in [4.78, 5) is 26.7. The number of ketones is 1. The summed E-state index contributed by atoms with van der Waals surface area (Å²) in [7, 11) is 3.39. The lowest BCUT2D eigenvalue weighted by Crippen LogP contribution is -2.59. The highest BCUT2D eigenvalue weighted by Gasteiger charge is 2.58. The molecule has 1 aromatic carbocycles. The Morgan fingerprint density at radius 3 is 2.55 bits per heavy atom. The highest BCUT2D eigenvalue weighted by atomic mass is 16.3. The first-order valence-electron chi connectivity index (χ1n) is 9.47. The molecule has 154 valence electrons. The SMILES string of the molecule is CN(C)[C@@H]1C(O)=C(C(N)=O)C[C@@]2(O)C(O)=C3C(=O)c4c(O)cccc4C[C@H]3C[C@@H]12. The zero-order valence-electron chi connectivity index (χ0n) is 16.2. The third kappa shape index (κ3) is 2.59. The Bertz CT molecular complexity index is 995. The first-order valence-corrected chi connectivity index (χ1v) is 9.47. The fourth-order valence-electron chi connectivity index (χ4n) is 5.27. The van der Waals surface area contributed by atoms with Crippen molar-refractivity contribution >= 4 is 11.7 Å². The van der Waals surface area contributed by atoms with Crippen LogP contribution in [0.1, 0.15) is 28.8 Å². The van der Waals surface area contributed by atoms with Crippen molar-refractivity contribution in [2.75, 3.05) is 14.1 Å². The summed E-state index contributed by atoms with van der Waals surface area (Å²) in [6.07, 6.45) is 0.344. The molecule has 1 amide bonds. The van der Waals surface area contributed by atoms with Crippen molar-refractivity contribution in [3.8, 4) is 5.75 Å². The molecular formula is C21H24N2O6. The lowest BCUT2D eigenvalue weighted by Gasteiger charge is -2.51. The molecule has 0 heterocycles. The molecule has 0 spiro atoms. The van der Waals surface area contributed by atoms with E-state index in [0.29, 0.717) is 18.4 Å². The lowest BCUT2D eigenvalue weighted by atomic mass is 9.59. The van der Waals surface area contributed by atoms with E-state index in [-0.39, 0.29) is 40.6 Å². The number of hydrogen-bond donors (Lipinski definition) is 5. The first-order chi connectivity index (χ1) is 13.6. The quantitative estimate of drug-likeness (QED) is 0.497. The average molecular weight is 400 g/mol. The summed E-state index contributed by atoms with van der Waals surface area (Å²) in [5.74, 6) is -3.35. The number of rotatable bonds is 2. The number of carbonyl (C=O) groups is 2. The summed E-state index contributed by atoms with van der Waals surface area (Å²) in [6, 6.07) is 4.07. The molecule has 8 heteroatoms. The van der Waals surface area contributed by atoms with Gasteiger partial charge in [0.1, 0.15) is 22.9 Å². The number of likely N-dealkylation sites (N-methyl/N-ethyl adjacent to an activating group) is 1. The molecule has 0 radical (unpaired) electrons. The minimum atomic E-state index is -1.92. The molecule has 0 bridgehead atoms. The van der Waals surface area contributed by atoms with E-state index in [9.17, 15) is 30.0 Å². The fourth-order valence-corrected chi connectivity index (χ4v) is 5.27. The van der Waals surface area contributed by atoms with Gasteiger partial charge < -0.3 is 26.2 Å². The van der Waals surface area contributed by atoms with E-state index in [0.717, 1.165) is 0 Å². The fraction of sp³-hybridized carbons (Fsp3) is 0.429. The number of phenolic OH excluding ortho intramolecular Hbond substituents is 1. The maximum Gasteiger partial charge on any atom is 0.248 e. The van der Waals surface area contributed by atoms with Crippen molar-refractivity contribution in [3.05, 3.63) is 52.0 Å². The molecule has 0 aliphatic heterocycles. The van der Waals surface area contributed by atoms with Gasteiger partial charge in [-0.15, -0.1) is 0 Å². The van der Waals surface area contributed by atoms with Gasteiger partial charge in [0, 0.05) is 17.9 Å². The Kier molecular flexibility index (Phi) is 4.25. The largest absolute Gasteiger partial charge is 0.510 e. The molecule has 0 aromatic heterocycles. The molecule has 3 aliphatic carbocycles. The number of nitrogens with two attached hydrogens (primary N) is 1. The normalized spacial score (nSPS) is 31.4. The molecule has 29 heavy (non-hydrogen) atoms. The van der Waals surface area contributed by atoms with Gasteiger partial charge >= 0.3 is 0 Å². The van der Waals surface area contributed by atoms with E-state index in [2.05, 4.69) is 0 Å². The van der Waals surface area contributed by atoms with E-state index in [1.165, 1.54) is 6.07 Å². The third-order valence-corrected chi connectivity index (χ3v) is 6.56. The number of Topliss-reactive ketones (excluding diaryl/α,β-unsaturated/α-hetero) is 1. The van der Waals surface area contributed by atoms with Crippen LogP contribution in [0.5, 0.6) is 5.75 Å². The Balaban J connectivity index is 1.91. The number of hydrogen-bond acceptors (Lipinski definition) is 7. The van der Waals surface area contributed by atoms with Gasteiger partial charge in [-0.05, 0) is 44.5 Å². The number of allylic oxidation sites excluding steroid dienone is 1. The highest BCUT2D eigenvalue weighted by Crippen LogP contribution is 2.53. The maximum atomic E-state index is 13.1. The predicted molar refractivity (Wildman–Crippen MR) is 103 cm³/mol. The number of amides is 1. The highest BCUT2D eigenvalue weighted by molar-refractivity contribution is 6.13. The van der Waals surface area contributed by atoms with Crippen LogP contribution in [0, 0.1) is 11.8 Å². The van der Waals surface area contributed by atoms with E-state index in [4.69, 9.17) is 5.73 Å². The molecule has 4 atom stereocenters. The Morgan fingerprint density at radius 1 is 1.24 bits per heavy atom. The van der Waals surface area contributed by atoms with Gasteiger partial charge in [0.2, 0.25) is 5.91 Å². The molecule has 6 N–H and O–H groups in total. The number of primary amides is 1. The van der Waals surface area contributed by atoms with Crippen molar-refractivity contribution in [1.29, 1.82) is 0 Å². The Morgan fingerprint density at radius 2 is 1.93 bits per heavy atom. The van der Waals surface area contributed by atoms with Crippen LogP contribution in [0.3, 0.4) is 0 Å². The number of fused-ring (bicyclic) bond motifs is 3. The van der Waals surface area contributed by atoms with Gasteiger partial charge in [0.15, 0.2) is 5.78 Å². The predicted octanol–water partition coefficient (Wildman–Crippen LogP) is 0.942. The molecule has 1 aromatic rings. The third-order valence-electron chi connectivity index (χ3n) is 6.56. The molecule has 8 nitrogen and oxygen atoms in total. The smallest absolute Gasteiger partial charge is 0.248 e. The Labute approximate surface area is 167 Å². The number of benzene rings is 1. The number of aliphatic hydroxyl groups excluding tert-OH is 2. The molecule has 0 saturated heterocycles. The van der Waals surface area contributed by atoms with Crippen LogP contribution in [0.2, 0.25) is 0 Å². The van der Waals surface area contributed by atoms with Crippen LogP contribution >= 0.6 is 0 Å². The van der Waals surface area contributed by atoms with Crippen LogP contribution in [0.15, 0.2) is 40.9 Å². The molecule has 0 saturated carbocycles. The van der Waals surface area contributed by atoms with Gasteiger partial charge in [-0.2, -0.15) is 0 Å². The standard InChI is InChI=1S/C21H24N2O6/c1-23(2)16-12-7-10-6-9-4-3-5-13(24)14(9)18(26)15(10)19(27)21(12,29)8-11(17(16)25)20(22)28/h3-5,10,12,16,24-25,27,29H,6-8H2,1-2H3,(H2,22,28)/t10-,12-,16-,21-/m0/s1. The second-order valence-corrected chi connectivity index (χ2v) is 8.38. The van der Waals surface area contributed by atoms with Crippen LogP contribution in [0.4, 0.5) is 0 Å². The minimum Gasteiger partial charge on any atom is -0.510 e. The van der Waals surface area contributed by atoms with Gasteiger partial charge in [-0.1, -0.05) is 12.1 Å². The van der Waals surface area contributed by atoms with Crippen molar-refractivity contribution in [3.63, 3.8) is 0 Å². The van der Waals surface area contributed by atoms with E-state index in [1.807, 2.05) is 0 Å². The number of aliphatic hydroxyl groups is 3. The Hall–Kier alpha value is -2.84. The van der Waals surface area contributed by atoms with E-state index < -0.39 is 35.0 Å². The van der Waals surface area contributed by atoms with Crippen molar-refractivity contribution in [2.24, 2.45) is 17.6 Å².